The minimum Gasteiger partial charge on any atom is -0.348 e. The van der Waals surface area contributed by atoms with Crippen molar-refractivity contribution in [2.75, 3.05) is 26.2 Å². The van der Waals surface area contributed by atoms with Crippen molar-refractivity contribution in [3.05, 3.63) is 29.4 Å². The van der Waals surface area contributed by atoms with E-state index in [-0.39, 0.29) is 0 Å². The summed E-state index contributed by atoms with van der Waals surface area (Å²) in [4.78, 5) is 12.7. The molecule has 7 heteroatoms. The molecule has 2 aromatic rings. The topological polar surface area (TPSA) is 65.9 Å². The van der Waals surface area contributed by atoms with Crippen molar-refractivity contribution in [1.82, 2.24) is 34.5 Å². The summed E-state index contributed by atoms with van der Waals surface area (Å²) in [7, 11) is 0. The highest BCUT2D eigenvalue weighted by molar-refractivity contribution is 5.11. The van der Waals surface area contributed by atoms with E-state index >= 15 is 0 Å². The molecule has 1 N–H and O–H groups in total. The Kier molecular flexibility index (Phi) is 4.73. The van der Waals surface area contributed by atoms with Crippen LogP contribution in [0.25, 0.3) is 0 Å². The van der Waals surface area contributed by atoms with Crippen LogP contribution in [-0.2, 0) is 13.1 Å². The van der Waals surface area contributed by atoms with Crippen LogP contribution in [0, 0.1) is 6.92 Å². The van der Waals surface area contributed by atoms with Crippen LogP contribution in [-0.4, -0.2) is 60.7 Å². The molecule has 4 heterocycles. The largest absolute Gasteiger partial charge is 0.348 e. The lowest BCUT2D eigenvalue weighted by Crippen LogP contribution is -2.33. The number of aromatic amines is 1. The molecule has 1 saturated carbocycles. The molecule has 146 valence electrons. The van der Waals surface area contributed by atoms with Gasteiger partial charge in [-0.3, -0.25) is 9.80 Å². The number of aryl methyl sites for hydroxylation is 1. The summed E-state index contributed by atoms with van der Waals surface area (Å²) in [6.45, 7) is 8.73. The van der Waals surface area contributed by atoms with Gasteiger partial charge in [0.25, 0.3) is 0 Å². The van der Waals surface area contributed by atoms with Gasteiger partial charge in [0.05, 0.1) is 18.6 Å². The highest BCUT2D eigenvalue weighted by Gasteiger charge is 2.34. The first kappa shape index (κ1) is 17.4. The Bertz CT molecular complexity index is 761. The zero-order valence-electron chi connectivity index (χ0n) is 16.4. The van der Waals surface area contributed by atoms with Gasteiger partial charge in [0.2, 0.25) is 0 Å². The molecule has 3 fully saturated rings. The van der Waals surface area contributed by atoms with Gasteiger partial charge < -0.3 is 9.55 Å². The lowest BCUT2D eigenvalue weighted by atomic mass is 9.95. The Morgan fingerprint density at radius 2 is 1.70 bits per heavy atom. The quantitative estimate of drug-likeness (QED) is 0.848. The summed E-state index contributed by atoms with van der Waals surface area (Å²) in [6.07, 6.45) is 9.43. The number of hydrogen-bond acceptors (Lipinski definition) is 5. The molecule has 0 bridgehead atoms. The molecular weight excluding hydrogens is 338 g/mol. The Morgan fingerprint density at radius 3 is 2.37 bits per heavy atom. The number of rotatable bonds is 6. The Morgan fingerprint density at radius 1 is 0.963 bits per heavy atom. The van der Waals surface area contributed by atoms with Crippen LogP contribution in [0.15, 0.2) is 6.33 Å². The van der Waals surface area contributed by atoms with Gasteiger partial charge in [0, 0.05) is 24.2 Å². The van der Waals surface area contributed by atoms with E-state index in [1.54, 1.807) is 6.33 Å². The zero-order valence-corrected chi connectivity index (χ0v) is 16.4. The summed E-state index contributed by atoms with van der Waals surface area (Å²) in [6, 6.07) is 0.664. The molecule has 5 rings (SSSR count). The van der Waals surface area contributed by atoms with Crippen molar-refractivity contribution in [3.8, 4) is 0 Å². The fourth-order valence-electron chi connectivity index (χ4n) is 4.70. The lowest BCUT2D eigenvalue weighted by molar-refractivity contribution is 0.197. The van der Waals surface area contributed by atoms with Crippen LogP contribution in [0.4, 0.5) is 0 Å². The van der Waals surface area contributed by atoms with Gasteiger partial charge in [-0.1, -0.05) is 0 Å². The predicted molar refractivity (Wildman–Crippen MR) is 103 cm³/mol. The highest BCUT2D eigenvalue weighted by atomic mass is 15.3. The molecule has 0 unspecified atom stereocenters. The molecule has 1 aliphatic carbocycles. The van der Waals surface area contributed by atoms with E-state index in [2.05, 4.69) is 36.4 Å². The third-order valence-electron chi connectivity index (χ3n) is 6.53. The number of imidazole rings is 1. The van der Waals surface area contributed by atoms with E-state index in [1.807, 2.05) is 0 Å². The van der Waals surface area contributed by atoms with E-state index in [4.69, 9.17) is 5.10 Å². The van der Waals surface area contributed by atoms with Crippen LogP contribution >= 0.6 is 0 Å². The number of likely N-dealkylation sites (tertiary alicyclic amines) is 2. The van der Waals surface area contributed by atoms with Crippen LogP contribution in [0.5, 0.6) is 0 Å². The second-order valence-corrected chi connectivity index (χ2v) is 8.58. The molecule has 0 radical (unpaired) electrons. The van der Waals surface area contributed by atoms with Crippen molar-refractivity contribution in [3.63, 3.8) is 0 Å². The molecule has 0 aromatic carbocycles. The van der Waals surface area contributed by atoms with Gasteiger partial charge in [-0.15, -0.1) is 10.2 Å². The lowest BCUT2D eigenvalue weighted by Gasteiger charge is -2.31. The maximum absolute atomic E-state index is 4.71. The molecule has 2 aliphatic heterocycles. The maximum atomic E-state index is 4.71. The number of nitrogens with one attached hydrogen (secondary N) is 1. The van der Waals surface area contributed by atoms with Crippen LogP contribution in [0.1, 0.15) is 73.5 Å². The summed E-state index contributed by atoms with van der Waals surface area (Å²) in [5.41, 5.74) is 2.37. The summed E-state index contributed by atoms with van der Waals surface area (Å²) >= 11 is 0. The molecule has 2 aromatic heterocycles. The fourth-order valence-corrected chi connectivity index (χ4v) is 4.70. The van der Waals surface area contributed by atoms with Gasteiger partial charge in [-0.25, -0.2) is 4.98 Å². The van der Waals surface area contributed by atoms with E-state index in [0.717, 1.165) is 26.2 Å². The van der Waals surface area contributed by atoms with Gasteiger partial charge in [-0.05, 0) is 71.6 Å². The van der Waals surface area contributed by atoms with Crippen molar-refractivity contribution < 1.29 is 0 Å². The molecular formula is C20H31N7. The average Bonchev–Trinajstić information content (AvgIpc) is 3.05. The molecule has 0 amide bonds. The van der Waals surface area contributed by atoms with Crippen molar-refractivity contribution in [1.29, 1.82) is 0 Å². The number of nitrogens with zero attached hydrogens (tertiary/aromatic N) is 6. The number of piperidine rings is 1. The van der Waals surface area contributed by atoms with Gasteiger partial charge in [-0.2, -0.15) is 0 Å². The molecule has 0 spiro atoms. The Hall–Kier alpha value is -1.73. The molecule has 0 atom stereocenters. The molecule has 27 heavy (non-hydrogen) atoms. The second kappa shape index (κ2) is 7.36. The predicted octanol–water partition coefficient (Wildman–Crippen LogP) is 2.62. The number of H-pyrrole nitrogens is 1. The van der Waals surface area contributed by atoms with E-state index in [9.17, 15) is 0 Å². The Balaban J connectivity index is 1.25. The van der Waals surface area contributed by atoms with E-state index < -0.39 is 0 Å². The number of aromatic nitrogens is 5. The van der Waals surface area contributed by atoms with Gasteiger partial charge in [0.1, 0.15) is 11.6 Å². The van der Waals surface area contributed by atoms with E-state index in [1.165, 1.54) is 74.7 Å². The van der Waals surface area contributed by atoms with Crippen molar-refractivity contribution in [2.45, 2.75) is 70.5 Å². The van der Waals surface area contributed by atoms with Gasteiger partial charge >= 0.3 is 0 Å². The monoisotopic (exact) mass is 369 g/mol. The van der Waals surface area contributed by atoms with Crippen molar-refractivity contribution >= 4 is 0 Å². The van der Waals surface area contributed by atoms with Crippen LogP contribution in [0.3, 0.4) is 0 Å². The zero-order chi connectivity index (χ0) is 18.2. The standard InChI is InChI=1S/C20H31N7/c1-15-18(22-14-21-15)12-26-10-6-16(7-11-26)20-24-23-19(27(20)17-4-5-17)13-25-8-2-3-9-25/h14,16-17H,2-13H2,1H3,(H,21,22). The molecule has 2 saturated heterocycles. The highest BCUT2D eigenvalue weighted by Crippen LogP contribution is 2.40. The smallest absolute Gasteiger partial charge is 0.147 e. The third-order valence-corrected chi connectivity index (χ3v) is 6.53. The SMILES string of the molecule is Cc1[nH]cnc1CN1CCC(c2nnc(CN3CCCC3)n2C2CC2)CC1. The first-order valence-electron chi connectivity index (χ1n) is 10.6. The minimum absolute atomic E-state index is 0.557. The van der Waals surface area contributed by atoms with E-state index in [0.29, 0.717) is 12.0 Å². The van der Waals surface area contributed by atoms with Crippen LogP contribution in [0.2, 0.25) is 0 Å². The normalized spacial score (nSPS) is 22.7. The maximum Gasteiger partial charge on any atom is 0.147 e. The van der Waals surface area contributed by atoms with Gasteiger partial charge in [0.15, 0.2) is 0 Å². The summed E-state index contributed by atoms with van der Waals surface area (Å²) in [5.74, 6) is 3.04. The first-order chi connectivity index (χ1) is 13.3. The second-order valence-electron chi connectivity index (χ2n) is 8.58. The molecule has 3 aliphatic rings. The number of hydrogen-bond donors (Lipinski definition) is 1. The minimum atomic E-state index is 0.557. The summed E-state index contributed by atoms with van der Waals surface area (Å²) in [5, 5.41) is 9.36. The Labute approximate surface area is 161 Å². The average molecular weight is 370 g/mol. The van der Waals surface area contributed by atoms with Crippen LogP contribution < -0.4 is 0 Å². The first-order valence-corrected chi connectivity index (χ1v) is 10.6. The third kappa shape index (κ3) is 3.67. The molecule has 7 nitrogen and oxygen atoms in total. The fraction of sp³-hybridized carbons (Fsp3) is 0.750. The summed E-state index contributed by atoms with van der Waals surface area (Å²) < 4.78 is 2.52. The van der Waals surface area contributed by atoms with Crippen molar-refractivity contribution in [2.24, 2.45) is 0 Å².